The third-order valence-corrected chi connectivity index (χ3v) is 6.73. The Bertz CT molecular complexity index is 1240. The molecule has 8 nitrogen and oxygen atoms in total. The van der Waals surface area contributed by atoms with Crippen molar-refractivity contribution >= 4 is 22.6 Å². The minimum atomic E-state index is -0.138. The first-order chi connectivity index (χ1) is 17.0. The number of methoxy groups -OCH3 is 1. The summed E-state index contributed by atoms with van der Waals surface area (Å²) in [7, 11) is 1.59. The second-order valence-electron chi connectivity index (χ2n) is 9.04. The van der Waals surface area contributed by atoms with Crippen molar-refractivity contribution in [1.29, 1.82) is 0 Å². The zero-order valence-electron chi connectivity index (χ0n) is 21.0. The number of hydrogen-bond acceptors (Lipinski definition) is 5. The van der Waals surface area contributed by atoms with Gasteiger partial charge in [-0.15, -0.1) is 0 Å². The maximum atomic E-state index is 13.3. The summed E-state index contributed by atoms with van der Waals surface area (Å²) >= 11 is 0. The Hall–Kier alpha value is -3.39. The number of hydrogen-bond donors (Lipinski definition) is 1. The van der Waals surface area contributed by atoms with Gasteiger partial charge in [-0.1, -0.05) is 38.1 Å². The van der Waals surface area contributed by atoms with Crippen molar-refractivity contribution in [3.8, 4) is 5.75 Å². The molecule has 8 heteroatoms. The summed E-state index contributed by atoms with van der Waals surface area (Å²) in [6.45, 7) is 8.90. The van der Waals surface area contributed by atoms with Gasteiger partial charge < -0.3 is 15.0 Å². The summed E-state index contributed by atoms with van der Waals surface area (Å²) < 4.78 is 7.22. The van der Waals surface area contributed by atoms with E-state index in [9.17, 15) is 9.59 Å². The van der Waals surface area contributed by atoms with Crippen LogP contribution in [0.2, 0.25) is 0 Å². The van der Waals surface area contributed by atoms with Gasteiger partial charge in [0.15, 0.2) is 0 Å². The van der Waals surface area contributed by atoms with E-state index in [4.69, 9.17) is 9.72 Å². The molecular formula is C27H35N5O3. The molecule has 1 N–H and O–H groups in total. The number of carbonyl (C=O) groups is 1. The number of rotatable bonds is 7. The van der Waals surface area contributed by atoms with Crippen LogP contribution in [0.25, 0.3) is 10.9 Å². The molecular weight excluding hydrogens is 442 g/mol. The predicted octanol–water partition coefficient (Wildman–Crippen LogP) is 4.50. The second-order valence-corrected chi connectivity index (χ2v) is 9.04. The van der Waals surface area contributed by atoms with Gasteiger partial charge in [-0.05, 0) is 44.0 Å². The summed E-state index contributed by atoms with van der Waals surface area (Å²) in [5, 5.41) is 3.65. The third-order valence-electron chi connectivity index (χ3n) is 6.73. The Balaban J connectivity index is 1.56. The van der Waals surface area contributed by atoms with Crippen molar-refractivity contribution in [2.45, 2.75) is 52.2 Å². The predicted molar refractivity (Wildman–Crippen MR) is 139 cm³/mol. The van der Waals surface area contributed by atoms with E-state index < -0.39 is 0 Å². The smallest absolute Gasteiger partial charge is 0.322 e. The number of nitrogens with zero attached hydrogens (tertiary/aromatic N) is 4. The van der Waals surface area contributed by atoms with Gasteiger partial charge in [0.05, 0.1) is 29.7 Å². The van der Waals surface area contributed by atoms with Crippen LogP contribution in [-0.4, -0.2) is 58.2 Å². The van der Waals surface area contributed by atoms with Crippen molar-refractivity contribution in [3.05, 3.63) is 64.7 Å². The zero-order valence-corrected chi connectivity index (χ0v) is 21.0. The molecule has 0 bridgehead atoms. The molecule has 3 aromatic rings. The van der Waals surface area contributed by atoms with Gasteiger partial charge in [0.1, 0.15) is 11.6 Å². The fourth-order valence-corrected chi connectivity index (χ4v) is 4.99. The zero-order chi connectivity index (χ0) is 24.9. The number of aromatic nitrogens is 2. The normalized spacial score (nSPS) is 17.4. The molecule has 4 rings (SSSR count). The fourth-order valence-electron chi connectivity index (χ4n) is 4.99. The lowest BCUT2D eigenvalue weighted by Gasteiger charge is -2.43. The molecule has 0 spiro atoms. The van der Waals surface area contributed by atoms with Crippen LogP contribution in [0.15, 0.2) is 53.3 Å². The molecule has 2 atom stereocenters. The minimum absolute atomic E-state index is 0.000638. The highest BCUT2D eigenvalue weighted by Crippen LogP contribution is 2.28. The van der Waals surface area contributed by atoms with Crippen molar-refractivity contribution in [1.82, 2.24) is 19.4 Å². The van der Waals surface area contributed by atoms with E-state index in [0.29, 0.717) is 43.0 Å². The van der Waals surface area contributed by atoms with E-state index in [2.05, 4.69) is 31.0 Å². The molecule has 1 aliphatic rings. The van der Waals surface area contributed by atoms with E-state index in [1.54, 1.807) is 7.11 Å². The summed E-state index contributed by atoms with van der Waals surface area (Å²) in [5.41, 5.74) is 1.42. The van der Waals surface area contributed by atoms with E-state index in [1.807, 2.05) is 58.0 Å². The van der Waals surface area contributed by atoms with Crippen molar-refractivity contribution < 1.29 is 9.53 Å². The monoisotopic (exact) mass is 477 g/mol. The van der Waals surface area contributed by atoms with Crippen LogP contribution >= 0.6 is 0 Å². The Labute approximate surface area is 206 Å². The Kier molecular flexibility index (Phi) is 7.70. The molecule has 186 valence electrons. The summed E-state index contributed by atoms with van der Waals surface area (Å²) in [6.07, 6.45) is 1.69. The van der Waals surface area contributed by atoms with Crippen molar-refractivity contribution in [2.24, 2.45) is 0 Å². The number of piperazine rings is 1. The van der Waals surface area contributed by atoms with Gasteiger partial charge in [0.25, 0.3) is 5.56 Å². The number of amides is 2. The van der Waals surface area contributed by atoms with Crippen LogP contribution in [0.3, 0.4) is 0 Å². The van der Waals surface area contributed by atoms with Gasteiger partial charge in [0, 0.05) is 32.2 Å². The lowest BCUT2D eigenvalue weighted by molar-refractivity contribution is 0.0717. The average Bonchev–Trinajstić information content (AvgIpc) is 2.87. The molecule has 1 fully saturated rings. The number of para-hydroxylation sites is 3. The van der Waals surface area contributed by atoms with Crippen LogP contribution in [0.5, 0.6) is 5.75 Å². The molecule has 35 heavy (non-hydrogen) atoms. The topological polar surface area (TPSA) is 79.7 Å². The van der Waals surface area contributed by atoms with Gasteiger partial charge >= 0.3 is 6.03 Å². The Morgan fingerprint density at radius 3 is 2.60 bits per heavy atom. The summed E-state index contributed by atoms with van der Waals surface area (Å²) in [6, 6.07) is 14.8. The number of nitrogens with one attached hydrogen (secondary N) is 1. The van der Waals surface area contributed by atoms with Crippen LogP contribution in [0.1, 0.15) is 45.5 Å². The molecule has 0 saturated carbocycles. The standard InChI is InChI=1S/C27H35N5O3/c1-5-15-32-25(28-21-12-8-7-11-20(21)26(32)33)23(6-2)30-16-17-31(19(3)18-30)27(34)29-22-13-9-10-14-24(22)35-4/h7-14,19,23H,5-6,15-18H2,1-4H3,(H,29,34). The lowest BCUT2D eigenvalue weighted by Crippen LogP contribution is -2.56. The van der Waals surface area contributed by atoms with E-state index in [-0.39, 0.29) is 23.7 Å². The maximum absolute atomic E-state index is 13.3. The molecule has 2 heterocycles. The SMILES string of the molecule is CCCn1c(C(CC)N2CCN(C(=O)Nc3ccccc3OC)C(C)C2)nc2ccccc2c1=O. The van der Waals surface area contributed by atoms with E-state index >= 15 is 0 Å². The van der Waals surface area contributed by atoms with Gasteiger partial charge in [0.2, 0.25) is 0 Å². The molecule has 2 amide bonds. The number of benzene rings is 2. The molecule has 2 aromatic carbocycles. The quantitative estimate of drug-likeness (QED) is 0.542. The summed E-state index contributed by atoms with van der Waals surface area (Å²) in [4.78, 5) is 35.6. The molecule has 1 aliphatic heterocycles. The summed E-state index contributed by atoms with van der Waals surface area (Å²) in [5.74, 6) is 1.45. The number of carbonyl (C=O) groups excluding carboxylic acids is 1. The lowest BCUT2D eigenvalue weighted by atomic mass is 10.1. The van der Waals surface area contributed by atoms with E-state index in [1.165, 1.54) is 0 Å². The minimum Gasteiger partial charge on any atom is -0.495 e. The fraction of sp³-hybridized carbons (Fsp3) is 0.444. The number of anilines is 1. The largest absolute Gasteiger partial charge is 0.495 e. The highest BCUT2D eigenvalue weighted by Gasteiger charge is 2.33. The first kappa shape index (κ1) is 24.7. The molecule has 2 unspecified atom stereocenters. The van der Waals surface area contributed by atoms with Crippen LogP contribution < -0.4 is 15.6 Å². The second kappa shape index (κ2) is 10.9. The van der Waals surface area contributed by atoms with Gasteiger partial charge in [-0.2, -0.15) is 0 Å². The van der Waals surface area contributed by atoms with Gasteiger partial charge in [-0.3, -0.25) is 14.3 Å². The van der Waals surface area contributed by atoms with Gasteiger partial charge in [-0.25, -0.2) is 9.78 Å². The average molecular weight is 478 g/mol. The molecule has 0 aliphatic carbocycles. The van der Waals surface area contributed by atoms with Crippen LogP contribution in [0.4, 0.5) is 10.5 Å². The molecule has 1 saturated heterocycles. The highest BCUT2D eigenvalue weighted by atomic mass is 16.5. The number of ether oxygens (including phenoxy) is 1. The van der Waals surface area contributed by atoms with Crippen LogP contribution in [-0.2, 0) is 6.54 Å². The molecule has 0 radical (unpaired) electrons. The maximum Gasteiger partial charge on any atom is 0.322 e. The number of urea groups is 1. The van der Waals surface area contributed by atoms with Crippen molar-refractivity contribution in [3.63, 3.8) is 0 Å². The Morgan fingerprint density at radius 1 is 1.14 bits per heavy atom. The number of fused-ring (bicyclic) bond motifs is 1. The first-order valence-electron chi connectivity index (χ1n) is 12.4. The van der Waals surface area contributed by atoms with E-state index in [0.717, 1.165) is 24.2 Å². The third kappa shape index (κ3) is 5.03. The van der Waals surface area contributed by atoms with Crippen molar-refractivity contribution in [2.75, 3.05) is 32.1 Å². The first-order valence-corrected chi connectivity index (χ1v) is 12.4. The van der Waals surface area contributed by atoms with Crippen LogP contribution in [0, 0.1) is 0 Å². The molecule has 1 aromatic heterocycles. The highest BCUT2D eigenvalue weighted by molar-refractivity contribution is 5.91. The Morgan fingerprint density at radius 2 is 1.89 bits per heavy atom.